The van der Waals surface area contributed by atoms with E-state index in [1.807, 2.05) is 0 Å². The number of benzene rings is 1. The van der Waals surface area contributed by atoms with Gasteiger partial charge in [-0.05, 0) is 12.3 Å². The molecule has 0 aliphatic carbocycles. The lowest BCUT2D eigenvalue weighted by Gasteiger charge is -2.26. The van der Waals surface area contributed by atoms with Crippen molar-refractivity contribution in [3.05, 3.63) is 23.8 Å². The first-order valence-electron chi connectivity index (χ1n) is 5.40. The van der Waals surface area contributed by atoms with E-state index in [0.29, 0.717) is 0 Å². The fraction of sp³-hybridized carbons (Fsp3) is 0.500. The molecule has 1 heterocycles. The topological polar surface area (TPSA) is 30.5 Å². The van der Waals surface area contributed by atoms with Crippen LogP contribution in [0.3, 0.4) is 0 Å². The lowest BCUT2D eigenvalue weighted by molar-refractivity contribution is 0.0260. The molecule has 0 aromatic heterocycles. The minimum atomic E-state index is 0.107. The summed E-state index contributed by atoms with van der Waals surface area (Å²) in [6, 6.07) is 6.21. The lowest BCUT2D eigenvalue weighted by atomic mass is 10.1. The second-order valence-electron chi connectivity index (χ2n) is 3.65. The third kappa shape index (κ3) is 2.34. The standard InChI is InChI=1S/C12H17NO2S/c1-14-12-9(4-3-5-11(12)16-2)10-8-13-6-7-15-10/h3-5,10,13H,6-8H2,1-2H3. The van der Waals surface area contributed by atoms with Gasteiger partial charge in [-0.25, -0.2) is 0 Å². The first-order valence-corrected chi connectivity index (χ1v) is 6.62. The average Bonchev–Trinajstić information content (AvgIpc) is 2.38. The maximum absolute atomic E-state index is 5.75. The highest BCUT2D eigenvalue weighted by Crippen LogP contribution is 2.35. The van der Waals surface area contributed by atoms with Gasteiger partial charge >= 0.3 is 0 Å². The summed E-state index contributed by atoms with van der Waals surface area (Å²) in [5.41, 5.74) is 1.14. The Balaban J connectivity index is 2.30. The fourth-order valence-electron chi connectivity index (χ4n) is 1.93. The van der Waals surface area contributed by atoms with Crippen LogP contribution in [0.4, 0.5) is 0 Å². The second-order valence-corrected chi connectivity index (χ2v) is 4.49. The zero-order chi connectivity index (χ0) is 11.4. The molecule has 0 bridgehead atoms. The van der Waals surface area contributed by atoms with E-state index in [1.165, 1.54) is 0 Å². The molecule has 1 aromatic carbocycles. The minimum Gasteiger partial charge on any atom is -0.495 e. The van der Waals surface area contributed by atoms with Crippen LogP contribution >= 0.6 is 11.8 Å². The highest BCUT2D eigenvalue weighted by molar-refractivity contribution is 7.98. The summed E-state index contributed by atoms with van der Waals surface area (Å²) >= 11 is 1.70. The number of hydrogen-bond acceptors (Lipinski definition) is 4. The Morgan fingerprint density at radius 3 is 3.00 bits per heavy atom. The predicted molar refractivity (Wildman–Crippen MR) is 66.3 cm³/mol. The number of rotatable bonds is 3. The van der Waals surface area contributed by atoms with Crippen LogP contribution in [0.15, 0.2) is 23.1 Å². The molecule has 0 radical (unpaired) electrons. The summed E-state index contributed by atoms with van der Waals surface area (Å²) in [6.45, 7) is 2.55. The van der Waals surface area contributed by atoms with E-state index in [9.17, 15) is 0 Å². The van der Waals surface area contributed by atoms with Gasteiger partial charge in [-0.15, -0.1) is 11.8 Å². The number of ether oxygens (including phenoxy) is 2. The van der Waals surface area contributed by atoms with Crippen molar-refractivity contribution < 1.29 is 9.47 Å². The van der Waals surface area contributed by atoms with Crippen LogP contribution in [0.5, 0.6) is 5.75 Å². The van der Waals surface area contributed by atoms with Crippen molar-refractivity contribution >= 4 is 11.8 Å². The average molecular weight is 239 g/mol. The Kier molecular flexibility index (Phi) is 4.09. The largest absolute Gasteiger partial charge is 0.495 e. The van der Waals surface area contributed by atoms with Gasteiger partial charge in [0.2, 0.25) is 0 Å². The van der Waals surface area contributed by atoms with Gasteiger partial charge in [-0.2, -0.15) is 0 Å². The molecule has 2 rings (SSSR count). The van der Waals surface area contributed by atoms with Gasteiger partial charge in [0.25, 0.3) is 0 Å². The van der Waals surface area contributed by atoms with Crippen LogP contribution in [-0.4, -0.2) is 33.1 Å². The molecule has 16 heavy (non-hydrogen) atoms. The Labute approximate surface area is 101 Å². The third-order valence-corrected chi connectivity index (χ3v) is 3.47. The number of para-hydroxylation sites is 1. The summed E-state index contributed by atoms with van der Waals surface area (Å²) < 4.78 is 11.2. The SMILES string of the molecule is COc1c(SC)cccc1C1CNCCO1. The molecule has 1 saturated heterocycles. The minimum absolute atomic E-state index is 0.107. The van der Waals surface area contributed by atoms with Crippen LogP contribution in [-0.2, 0) is 4.74 Å². The Morgan fingerprint density at radius 2 is 2.38 bits per heavy atom. The Morgan fingerprint density at radius 1 is 1.50 bits per heavy atom. The smallest absolute Gasteiger partial charge is 0.138 e. The molecule has 1 aliphatic rings. The summed E-state index contributed by atoms with van der Waals surface area (Å²) in [4.78, 5) is 1.16. The van der Waals surface area contributed by atoms with E-state index in [1.54, 1.807) is 18.9 Å². The highest BCUT2D eigenvalue weighted by atomic mass is 32.2. The first-order chi connectivity index (χ1) is 7.86. The van der Waals surface area contributed by atoms with Crippen molar-refractivity contribution in [2.45, 2.75) is 11.0 Å². The number of hydrogen-bond donors (Lipinski definition) is 1. The van der Waals surface area contributed by atoms with Crippen LogP contribution in [0.1, 0.15) is 11.7 Å². The van der Waals surface area contributed by atoms with Crippen molar-refractivity contribution in [1.29, 1.82) is 0 Å². The Hall–Kier alpha value is -0.710. The summed E-state index contributed by atoms with van der Waals surface area (Å²) in [6.07, 6.45) is 2.16. The monoisotopic (exact) mass is 239 g/mol. The molecule has 88 valence electrons. The van der Waals surface area contributed by atoms with Gasteiger partial charge in [-0.3, -0.25) is 0 Å². The molecule has 1 atom stereocenters. The molecule has 1 aliphatic heterocycles. The van der Waals surface area contributed by atoms with E-state index in [0.717, 1.165) is 35.9 Å². The number of methoxy groups -OCH3 is 1. The number of thioether (sulfide) groups is 1. The van der Waals surface area contributed by atoms with Crippen molar-refractivity contribution in [1.82, 2.24) is 5.32 Å². The van der Waals surface area contributed by atoms with Crippen LogP contribution < -0.4 is 10.1 Å². The molecular formula is C12H17NO2S. The van der Waals surface area contributed by atoms with Gasteiger partial charge < -0.3 is 14.8 Å². The van der Waals surface area contributed by atoms with Crippen molar-refractivity contribution in [3.8, 4) is 5.75 Å². The molecule has 1 fully saturated rings. The zero-order valence-electron chi connectivity index (χ0n) is 9.66. The molecule has 0 amide bonds. The lowest BCUT2D eigenvalue weighted by Crippen LogP contribution is -2.33. The Bertz CT molecular complexity index is 351. The number of nitrogens with one attached hydrogen (secondary N) is 1. The third-order valence-electron chi connectivity index (χ3n) is 2.71. The predicted octanol–water partition coefficient (Wildman–Crippen LogP) is 2.08. The molecule has 0 saturated carbocycles. The van der Waals surface area contributed by atoms with Gasteiger partial charge in [0, 0.05) is 23.5 Å². The van der Waals surface area contributed by atoms with Gasteiger partial charge in [0.05, 0.1) is 19.8 Å². The summed E-state index contributed by atoms with van der Waals surface area (Å²) in [7, 11) is 1.72. The van der Waals surface area contributed by atoms with E-state index < -0.39 is 0 Å². The zero-order valence-corrected chi connectivity index (χ0v) is 10.5. The molecule has 4 heteroatoms. The fourth-order valence-corrected chi connectivity index (χ4v) is 2.53. The summed E-state index contributed by atoms with van der Waals surface area (Å²) in [5.74, 6) is 0.948. The van der Waals surface area contributed by atoms with Crippen molar-refractivity contribution in [2.75, 3.05) is 33.1 Å². The van der Waals surface area contributed by atoms with Crippen molar-refractivity contribution in [2.24, 2.45) is 0 Å². The molecule has 1 aromatic rings. The van der Waals surface area contributed by atoms with Gasteiger partial charge in [0.1, 0.15) is 5.75 Å². The molecule has 3 nitrogen and oxygen atoms in total. The molecular weight excluding hydrogens is 222 g/mol. The molecule has 0 spiro atoms. The maximum Gasteiger partial charge on any atom is 0.138 e. The molecule has 1 unspecified atom stereocenters. The second kappa shape index (κ2) is 5.57. The van der Waals surface area contributed by atoms with E-state index >= 15 is 0 Å². The first kappa shape index (κ1) is 11.8. The maximum atomic E-state index is 5.75. The van der Waals surface area contributed by atoms with Gasteiger partial charge in [-0.1, -0.05) is 12.1 Å². The quantitative estimate of drug-likeness (QED) is 0.818. The normalized spacial score (nSPS) is 20.8. The van der Waals surface area contributed by atoms with Gasteiger partial charge in [0.15, 0.2) is 0 Å². The van der Waals surface area contributed by atoms with Crippen LogP contribution in [0.25, 0.3) is 0 Å². The highest BCUT2D eigenvalue weighted by Gasteiger charge is 2.20. The van der Waals surface area contributed by atoms with E-state index in [2.05, 4.69) is 29.8 Å². The van der Waals surface area contributed by atoms with E-state index in [-0.39, 0.29) is 6.10 Å². The van der Waals surface area contributed by atoms with Crippen molar-refractivity contribution in [3.63, 3.8) is 0 Å². The van der Waals surface area contributed by atoms with Crippen LogP contribution in [0.2, 0.25) is 0 Å². The summed E-state index contributed by atoms with van der Waals surface area (Å²) in [5, 5.41) is 3.33. The molecule has 1 N–H and O–H groups in total. The van der Waals surface area contributed by atoms with Crippen LogP contribution in [0, 0.1) is 0 Å². The number of morpholine rings is 1. The van der Waals surface area contributed by atoms with E-state index in [4.69, 9.17) is 9.47 Å².